The Morgan fingerprint density at radius 2 is 1.90 bits per heavy atom. The maximum absolute atomic E-state index is 14.8. The van der Waals surface area contributed by atoms with Crippen molar-refractivity contribution in [3.05, 3.63) is 52.6 Å². The van der Waals surface area contributed by atoms with Crippen LogP contribution in [0.15, 0.2) is 24.3 Å². The molecule has 0 bridgehead atoms. The van der Waals surface area contributed by atoms with Crippen LogP contribution in [-0.4, -0.2) is 58.3 Å². The van der Waals surface area contributed by atoms with Crippen LogP contribution in [0.3, 0.4) is 0 Å². The van der Waals surface area contributed by atoms with Crippen LogP contribution in [-0.2, 0) is 13.6 Å². The van der Waals surface area contributed by atoms with Crippen molar-refractivity contribution in [3.8, 4) is 0 Å². The molecule has 1 fully saturated rings. The van der Waals surface area contributed by atoms with Crippen LogP contribution in [0.4, 0.5) is 10.1 Å². The Morgan fingerprint density at radius 1 is 1.16 bits per heavy atom. The van der Waals surface area contributed by atoms with Crippen molar-refractivity contribution in [2.24, 2.45) is 7.05 Å². The summed E-state index contributed by atoms with van der Waals surface area (Å²) < 4.78 is 16.5. The molecule has 1 aromatic carbocycles. The van der Waals surface area contributed by atoms with Gasteiger partial charge in [-0.3, -0.25) is 9.48 Å². The van der Waals surface area contributed by atoms with E-state index in [-0.39, 0.29) is 18.3 Å². The molecule has 1 N–H and O–H groups in total. The van der Waals surface area contributed by atoms with Crippen molar-refractivity contribution in [3.63, 3.8) is 0 Å². The van der Waals surface area contributed by atoms with Crippen LogP contribution < -0.4 is 10.2 Å². The van der Waals surface area contributed by atoms with Crippen LogP contribution in [0.5, 0.6) is 0 Å². The van der Waals surface area contributed by atoms with E-state index in [4.69, 9.17) is 0 Å². The summed E-state index contributed by atoms with van der Waals surface area (Å²) in [7, 11) is 1.82. The van der Waals surface area contributed by atoms with Crippen LogP contribution >= 0.6 is 0 Å². The van der Waals surface area contributed by atoms with Crippen molar-refractivity contribution >= 4 is 22.6 Å². The minimum Gasteiger partial charge on any atom is -0.367 e. The SMILES string of the molecule is CCN1CCN(c2ccc(CNC(=O)c3cc(C)nc4c3c(C)nn4C)cc2F)CC1. The van der Waals surface area contributed by atoms with Gasteiger partial charge in [-0.1, -0.05) is 13.0 Å². The third kappa shape index (κ3) is 4.25. The van der Waals surface area contributed by atoms with Crippen molar-refractivity contribution in [2.45, 2.75) is 27.3 Å². The lowest BCUT2D eigenvalue weighted by molar-refractivity contribution is 0.0952. The van der Waals surface area contributed by atoms with Gasteiger partial charge in [-0.05, 0) is 44.2 Å². The third-order valence-corrected chi connectivity index (χ3v) is 5.97. The molecule has 1 amide bonds. The summed E-state index contributed by atoms with van der Waals surface area (Å²) in [5.41, 5.74) is 4.09. The number of benzene rings is 1. The maximum Gasteiger partial charge on any atom is 0.252 e. The molecule has 3 aromatic rings. The number of fused-ring (bicyclic) bond motifs is 1. The number of carbonyl (C=O) groups excluding carboxylic acids is 1. The first kappa shape index (κ1) is 21.2. The summed E-state index contributed by atoms with van der Waals surface area (Å²) in [6, 6.07) is 6.99. The van der Waals surface area contributed by atoms with E-state index < -0.39 is 0 Å². The largest absolute Gasteiger partial charge is 0.367 e. The average Bonchev–Trinajstić information content (AvgIpc) is 3.05. The van der Waals surface area contributed by atoms with Gasteiger partial charge in [-0.2, -0.15) is 5.10 Å². The molecule has 1 aliphatic heterocycles. The number of hydrogen-bond acceptors (Lipinski definition) is 5. The Morgan fingerprint density at radius 3 is 2.58 bits per heavy atom. The number of hydrogen-bond donors (Lipinski definition) is 1. The van der Waals surface area contributed by atoms with E-state index in [0.717, 1.165) is 55.1 Å². The molecule has 0 spiro atoms. The van der Waals surface area contributed by atoms with Gasteiger partial charge >= 0.3 is 0 Å². The molecule has 8 heteroatoms. The molecular weight excluding hydrogens is 395 g/mol. The monoisotopic (exact) mass is 424 g/mol. The fraction of sp³-hybridized carbons (Fsp3) is 0.435. The molecular formula is C23H29FN6O. The molecule has 4 rings (SSSR count). The van der Waals surface area contributed by atoms with Gasteiger partial charge in [-0.25, -0.2) is 9.37 Å². The van der Waals surface area contributed by atoms with E-state index in [9.17, 15) is 9.18 Å². The second-order valence-electron chi connectivity index (χ2n) is 8.11. The smallest absolute Gasteiger partial charge is 0.252 e. The number of carbonyl (C=O) groups is 1. The number of aryl methyl sites for hydroxylation is 3. The number of nitrogens with one attached hydrogen (secondary N) is 1. The third-order valence-electron chi connectivity index (χ3n) is 5.97. The van der Waals surface area contributed by atoms with Crippen molar-refractivity contribution in [1.82, 2.24) is 25.0 Å². The summed E-state index contributed by atoms with van der Waals surface area (Å²) in [4.78, 5) is 21.9. The van der Waals surface area contributed by atoms with Gasteiger partial charge in [0.2, 0.25) is 0 Å². The van der Waals surface area contributed by atoms with E-state index in [1.807, 2.05) is 33.0 Å². The van der Waals surface area contributed by atoms with Gasteiger partial charge in [0.1, 0.15) is 5.82 Å². The predicted molar refractivity (Wildman–Crippen MR) is 120 cm³/mol. The molecule has 7 nitrogen and oxygen atoms in total. The lowest BCUT2D eigenvalue weighted by atomic mass is 10.1. The fourth-order valence-electron chi connectivity index (χ4n) is 4.25. The summed E-state index contributed by atoms with van der Waals surface area (Å²) in [5.74, 6) is -0.464. The molecule has 0 atom stereocenters. The van der Waals surface area contributed by atoms with Gasteiger partial charge in [0, 0.05) is 45.5 Å². The van der Waals surface area contributed by atoms with Gasteiger partial charge < -0.3 is 15.1 Å². The molecule has 1 saturated heterocycles. The normalized spacial score (nSPS) is 14.9. The topological polar surface area (TPSA) is 66.3 Å². The number of aromatic nitrogens is 3. The molecule has 0 saturated carbocycles. The molecule has 1 aliphatic rings. The Bertz CT molecular complexity index is 1120. The lowest BCUT2D eigenvalue weighted by Gasteiger charge is -2.35. The van der Waals surface area contributed by atoms with Gasteiger partial charge in [-0.15, -0.1) is 0 Å². The number of rotatable bonds is 5. The second-order valence-corrected chi connectivity index (χ2v) is 8.11. The highest BCUT2D eigenvalue weighted by Crippen LogP contribution is 2.23. The summed E-state index contributed by atoms with van der Waals surface area (Å²) in [6.45, 7) is 10.7. The van der Waals surface area contributed by atoms with E-state index in [1.54, 1.807) is 10.7 Å². The quantitative estimate of drug-likeness (QED) is 0.682. The molecule has 0 aliphatic carbocycles. The van der Waals surface area contributed by atoms with E-state index in [2.05, 4.69) is 32.1 Å². The number of piperazine rings is 1. The molecule has 2 aromatic heterocycles. The Labute approximate surface area is 181 Å². The first-order chi connectivity index (χ1) is 14.9. The molecule has 3 heterocycles. The number of nitrogens with zero attached hydrogens (tertiary/aromatic N) is 5. The van der Waals surface area contributed by atoms with Crippen molar-refractivity contribution in [2.75, 3.05) is 37.6 Å². The molecule has 31 heavy (non-hydrogen) atoms. The van der Waals surface area contributed by atoms with Crippen LogP contribution in [0, 0.1) is 19.7 Å². The standard InChI is InChI=1S/C23H29FN6O/c1-5-29-8-10-30(11-9-29)20-7-6-17(13-19(20)24)14-25-23(31)18-12-15(2)26-22-21(18)16(3)27-28(22)4/h6-7,12-13H,5,8-11,14H2,1-4H3,(H,25,31). The van der Waals surface area contributed by atoms with Gasteiger partial charge in [0.15, 0.2) is 5.65 Å². The highest BCUT2D eigenvalue weighted by molar-refractivity contribution is 6.06. The van der Waals surface area contributed by atoms with Crippen molar-refractivity contribution < 1.29 is 9.18 Å². The molecule has 0 unspecified atom stereocenters. The van der Waals surface area contributed by atoms with Gasteiger partial charge in [0.05, 0.1) is 22.3 Å². The predicted octanol–water partition coefficient (Wildman–Crippen LogP) is 2.80. The van der Waals surface area contributed by atoms with Gasteiger partial charge in [0.25, 0.3) is 5.91 Å². The number of amides is 1. The average molecular weight is 425 g/mol. The van der Waals surface area contributed by atoms with Crippen molar-refractivity contribution in [1.29, 1.82) is 0 Å². The fourth-order valence-corrected chi connectivity index (χ4v) is 4.25. The minimum atomic E-state index is -0.248. The Balaban J connectivity index is 1.47. The maximum atomic E-state index is 14.8. The molecule has 164 valence electrons. The molecule has 0 radical (unpaired) electrons. The van der Waals surface area contributed by atoms with E-state index in [1.165, 1.54) is 6.07 Å². The number of anilines is 1. The van der Waals surface area contributed by atoms with E-state index in [0.29, 0.717) is 16.9 Å². The van der Waals surface area contributed by atoms with Crippen LogP contribution in [0.1, 0.15) is 34.2 Å². The number of pyridine rings is 1. The van der Waals surface area contributed by atoms with Crippen LogP contribution in [0.25, 0.3) is 11.0 Å². The first-order valence-corrected chi connectivity index (χ1v) is 10.7. The lowest BCUT2D eigenvalue weighted by Crippen LogP contribution is -2.46. The Kier molecular flexibility index (Phi) is 5.91. The highest BCUT2D eigenvalue weighted by atomic mass is 19.1. The summed E-state index contributed by atoms with van der Waals surface area (Å²) >= 11 is 0. The zero-order valence-corrected chi connectivity index (χ0v) is 18.6. The Hall–Kier alpha value is -3.00. The zero-order chi connectivity index (χ0) is 22.1. The summed E-state index contributed by atoms with van der Waals surface area (Å²) in [6.07, 6.45) is 0. The number of halogens is 1. The first-order valence-electron chi connectivity index (χ1n) is 10.7. The van der Waals surface area contributed by atoms with E-state index >= 15 is 0 Å². The summed E-state index contributed by atoms with van der Waals surface area (Å²) in [5, 5.41) is 8.05. The minimum absolute atomic E-state index is 0.216. The second kappa shape index (κ2) is 8.63. The van der Waals surface area contributed by atoms with Crippen LogP contribution in [0.2, 0.25) is 0 Å². The number of likely N-dealkylation sites (N-methyl/N-ethyl adjacent to an activating group) is 1. The zero-order valence-electron chi connectivity index (χ0n) is 18.6. The highest BCUT2D eigenvalue weighted by Gasteiger charge is 2.20.